The van der Waals surface area contributed by atoms with Crippen LogP contribution in [0.1, 0.15) is 23.2 Å². The number of aromatic nitrogens is 7. The molecule has 4 aromatic heterocycles. The Bertz CT molecular complexity index is 1750. The fraction of sp³-hybridized carbons (Fsp3) is 0.208. The Hall–Kier alpha value is -4.76. The minimum atomic E-state index is -2.85. The lowest BCUT2D eigenvalue weighted by molar-refractivity contribution is -0.116. The van der Waals surface area contributed by atoms with E-state index in [0.29, 0.717) is 5.56 Å². The van der Waals surface area contributed by atoms with Crippen LogP contribution in [0.4, 0.5) is 36.4 Å². The SMILES string of the molecule is Cc1nn(CC(=O)Nc2cnn(Cc3c(F)c(F)c(F)c(F)c3F)c2)c2nc(-c3cnn(C)c3)cc(C(F)F)c12. The fourth-order valence-corrected chi connectivity index (χ4v) is 4.17. The van der Waals surface area contributed by atoms with E-state index < -0.39 is 60.1 Å². The van der Waals surface area contributed by atoms with Crippen molar-refractivity contribution in [1.82, 2.24) is 34.3 Å². The third kappa shape index (κ3) is 4.76. The highest BCUT2D eigenvalue weighted by Crippen LogP contribution is 2.33. The van der Waals surface area contributed by atoms with Crippen molar-refractivity contribution in [2.75, 3.05) is 5.32 Å². The number of aryl methyl sites for hydroxylation is 2. The highest BCUT2D eigenvalue weighted by molar-refractivity contribution is 5.92. The summed E-state index contributed by atoms with van der Waals surface area (Å²) in [6.45, 7) is 0.221. The molecule has 0 fully saturated rings. The van der Waals surface area contributed by atoms with E-state index in [9.17, 15) is 35.5 Å². The highest BCUT2D eigenvalue weighted by Gasteiger charge is 2.26. The van der Waals surface area contributed by atoms with Gasteiger partial charge in [0.2, 0.25) is 11.7 Å². The van der Waals surface area contributed by atoms with Crippen LogP contribution in [-0.2, 0) is 24.9 Å². The molecule has 0 atom stereocenters. The quantitative estimate of drug-likeness (QED) is 0.176. The second kappa shape index (κ2) is 10.1. The molecule has 4 heterocycles. The summed E-state index contributed by atoms with van der Waals surface area (Å²) in [6.07, 6.45) is 2.39. The topological polar surface area (TPSA) is 95.5 Å². The van der Waals surface area contributed by atoms with Crippen LogP contribution in [0.15, 0.2) is 30.9 Å². The standard InChI is InChI=1S/C24H17F7N8O/c1-10-17-13(23(30)31)3-15(11-4-32-37(2)6-11)35-24(17)39(36-10)9-16(40)34-12-5-33-38(7-12)8-14-18(25)20(27)22(29)21(28)19(14)26/h3-7,23H,8-9H2,1-2H3,(H,34,40). The summed E-state index contributed by atoms with van der Waals surface area (Å²) in [6, 6.07) is 1.24. The predicted molar refractivity (Wildman–Crippen MR) is 126 cm³/mol. The maximum Gasteiger partial charge on any atom is 0.264 e. The van der Waals surface area contributed by atoms with Gasteiger partial charge >= 0.3 is 0 Å². The molecular weight excluding hydrogens is 549 g/mol. The van der Waals surface area contributed by atoms with Crippen molar-refractivity contribution < 1.29 is 35.5 Å². The number of anilines is 1. The van der Waals surface area contributed by atoms with Gasteiger partial charge < -0.3 is 5.32 Å². The molecule has 0 saturated heterocycles. The monoisotopic (exact) mass is 566 g/mol. The van der Waals surface area contributed by atoms with Crippen molar-refractivity contribution in [2.24, 2.45) is 7.05 Å². The van der Waals surface area contributed by atoms with Gasteiger partial charge in [-0.2, -0.15) is 15.3 Å². The number of pyridine rings is 1. The minimum absolute atomic E-state index is 0.0272. The summed E-state index contributed by atoms with van der Waals surface area (Å²) in [4.78, 5) is 17.2. The van der Waals surface area contributed by atoms with Gasteiger partial charge in [-0.05, 0) is 13.0 Å². The minimum Gasteiger partial charge on any atom is -0.322 e. The lowest BCUT2D eigenvalue weighted by Crippen LogP contribution is -2.19. The molecule has 0 saturated carbocycles. The Morgan fingerprint density at radius 1 is 0.975 bits per heavy atom. The van der Waals surface area contributed by atoms with E-state index in [1.807, 2.05) is 0 Å². The number of carbonyl (C=O) groups excluding carboxylic acids is 1. The molecule has 0 bridgehead atoms. The number of carbonyl (C=O) groups is 1. The smallest absolute Gasteiger partial charge is 0.264 e. The molecule has 0 aliphatic heterocycles. The number of hydrogen-bond donors (Lipinski definition) is 1. The number of hydrogen-bond acceptors (Lipinski definition) is 5. The Kier molecular flexibility index (Phi) is 6.77. The molecule has 1 aromatic carbocycles. The maximum atomic E-state index is 14.0. The van der Waals surface area contributed by atoms with Crippen LogP contribution < -0.4 is 5.32 Å². The Morgan fingerprint density at radius 2 is 1.65 bits per heavy atom. The first kappa shape index (κ1) is 26.8. The van der Waals surface area contributed by atoms with E-state index in [0.717, 1.165) is 21.8 Å². The molecular formula is C24H17F7N8O. The van der Waals surface area contributed by atoms with Crippen molar-refractivity contribution in [3.8, 4) is 11.3 Å². The zero-order valence-electron chi connectivity index (χ0n) is 20.6. The van der Waals surface area contributed by atoms with E-state index in [1.165, 1.54) is 23.9 Å². The first-order chi connectivity index (χ1) is 18.9. The molecule has 0 unspecified atom stereocenters. The number of halogens is 7. The van der Waals surface area contributed by atoms with Crippen LogP contribution in [0.3, 0.4) is 0 Å². The molecule has 0 aliphatic rings. The molecule has 5 rings (SSSR count). The molecule has 16 heteroatoms. The largest absolute Gasteiger partial charge is 0.322 e. The molecule has 5 aromatic rings. The van der Waals surface area contributed by atoms with E-state index in [2.05, 4.69) is 25.6 Å². The van der Waals surface area contributed by atoms with Gasteiger partial charge in [-0.15, -0.1) is 0 Å². The van der Waals surface area contributed by atoms with Crippen LogP contribution >= 0.6 is 0 Å². The number of amides is 1. The predicted octanol–water partition coefficient (Wildman–Crippen LogP) is 4.66. The van der Waals surface area contributed by atoms with Gasteiger partial charge in [-0.1, -0.05) is 0 Å². The maximum absolute atomic E-state index is 14.0. The number of nitrogens with zero attached hydrogens (tertiary/aromatic N) is 7. The normalized spacial score (nSPS) is 11.7. The van der Waals surface area contributed by atoms with Crippen molar-refractivity contribution in [2.45, 2.75) is 26.4 Å². The van der Waals surface area contributed by atoms with Gasteiger partial charge in [0.15, 0.2) is 28.9 Å². The summed E-state index contributed by atoms with van der Waals surface area (Å²) in [5.41, 5.74) is -0.470. The summed E-state index contributed by atoms with van der Waals surface area (Å²) in [5.74, 6) is -11.2. The molecule has 0 radical (unpaired) electrons. The van der Waals surface area contributed by atoms with E-state index in [1.54, 1.807) is 13.2 Å². The van der Waals surface area contributed by atoms with Gasteiger partial charge in [0.05, 0.1) is 47.0 Å². The van der Waals surface area contributed by atoms with Gasteiger partial charge in [0, 0.05) is 30.6 Å². The van der Waals surface area contributed by atoms with Crippen LogP contribution in [-0.4, -0.2) is 40.2 Å². The van der Waals surface area contributed by atoms with Gasteiger partial charge in [-0.3, -0.25) is 14.2 Å². The van der Waals surface area contributed by atoms with Crippen molar-refractivity contribution >= 4 is 22.6 Å². The highest BCUT2D eigenvalue weighted by atomic mass is 19.3. The average molecular weight is 566 g/mol. The van der Waals surface area contributed by atoms with Gasteiger partial charge in [-0.25, -0.2) is 40.4 Å². The third-order valence-corrected chi connectivity index (χ3v) is 5.97. The van der Waals surface area contributed by atoms with E-state index in [-0.39, 0.29) is 33.7 Å². The lowest BCUT2D eigenvalue weighted by Gasteiger charge is -2.08. The first-order valence-electron chi connectivity index (χ1n) is 11.4. The van der Waals surface area contributed by atoms with Crippen LogP contribution in [0, 0.1) is 36.0 Å². The molecule has 0 spiro atoms. The Morgan fingerprint density at radius 3 is 2.27 bits per heavy atom. The van der Waals surface area contributed by atoms with Gasteiger partial charge in [0.25, 0.3) is 6.43 Å². The number of fused-ring (bicyclic) bond motifs is 1. The van der Waals surface area contributed by atoms with Crippen LogP contribution in [0.2, 0.25) is 0 Å². The number of nitrogens with one attached hydrogen (secondary N) is 1. The van der Waals surface area contributed by atoms with Crippen molar-refractivity contribution in [1.29, 1.82) is 0 Å². The van der Waals surface area contributed by atoms with Crippen molar-refractivity contribution in [3.05, 3.63) is 76.8 Å². The average Bonchev–Trinajstić information content (AvgIpc) is 3.63. The van der Waals surface area contributed by atoms with Gasteiger partial charge in [0.1, 0.15) is 6.54 Å². The van der Waals surface area contributed by atoms with Crippen LogP contribution in [0.25, 0.3) is 22.3 Å². The fourth-order valence-electron chi connectivity index (χ4n) is 4.17. The van der Waals surface area contributed by atoms with E-state index >= 15 is 0 Å². The second-order valence-corrected chi connectivity index (χ2v) is 8.76. The summed E-state index contributed by atoms with van der Waals surface area (Å²) in [7, 11) is 1.65. The molecule has 1 amide bonds. The number of benzene rings is 1. The first-order valence-corrected chi connectivity index (χ1v) is 11.4. The zero-order valence-corrected chi connectivity index (χ0v) is 20.6. The molecule has 40 heavy (non-hydrogen) atoms. The third-order valence-electron chi connectivity index (χ3n) is 5.97. The summed E-state index contributed by atoms with van der Waals surface area (Å²) >= 11 is 0. The molecule has 0 aliphatic carbocycles. The second-order valence-electron chi connectivity index (χ2n) is 8.76. The molecule has 1 N–H and O–H groups in total. The zero-order chi connectivity index (χ0) is 28.9. The Balaban J connectivity index is 1.39. The summed E-state index contributed by atoms with van der Waals surface area (Å²) < 4.78 is 99.6. The molecule has 9 nitrogen and oxygen atoms in total. The van der Waals surface area contributed by atoms with Crippen molar-refractivity contribution in [3.63, 3.8) is 0 Å². The van der Waals surface area contributed by atoms with Crippen LogP contribution in [0.5, 0.6) is 0 Å². The lowest BCUT2D eigenvalue weighted by atomic mass is 10.1. The summed E-state index contributed by atoms with van der Waals surface area (Å²) in [5, 5.41) is 14.5. The number of rotatable bonds is 7. The molecule has 208 valence electrons. The Labute approximate surface area is 219 Å². The number of alkyl halides is 2. The van der Waals surface area contributed by atoms with E-state index in [4.69, 9.17) is 0 Å².